The Morgan fingerprint density at radius 2 is 1.85 bits per heavy atom. The SMILES string of the molecule is O=C(COc1ccc2oc3ccccc3c2c1)NNC(=S)NC1CCCC1. The van der Waals surface area contributed by atoms with Gasteiger partial charge in [-0.3, -0.25) is 15.6 Å². The fraction of sp³-hybridized carbons (Fsp3) is 0.300. The molecule has 3 N–H and O–H groups in total. The number of nitrogens with one attached hydrogen (secondary N) is 3. The molecule has 0 unspecified atom stereocenters. The van der Waals surface area contributed by atoms with Gasteiger partial charge in [0, 0.05) is 16.8 Å². The second-order valence-electron chi connectivity index (χ2n) is 6.67. The van der Waals surface area contributed by atoms with Crippen LogP contribution in [-0.4, -0.2) is 23.7 Å². The molecule has 2 aromatic carbocycles. The van der Waals surface area contributed by atoms with Crippen molar-refractivity contribution >= 4 is 45.2 Å². The van der Waals surface area contributed by atoms with Gasteiger partial charge in [-0.1, -0.05) is 31.0 Å². The third-order valence-corrected chi connectivity index (χ3v) is 4.94. The summed E-state index contributed by atoms with van der Waals surface area (Å²) in [4.78, 5) is 12.0. The predicted molar refractivity (Wildman–Crippen MR) is 108 cm³/mol. The maximum atomic E-state index is 12.0. The molecule has 0 atom stereocenters. The van der Waals surface area contributed by atoms with Gasteiger partial charge in [-0.05, 0) is 49.3 Å². The van der Waals surface area contributed by atoms with Crippen LogP contribution in [0.2, 0.25) is 0 Å². The monoisotopic (exact) mass is 383 g/mol. The number of carbonyl (C=O) groups is 1. The van der Waals surface area contributed by atoms with E-state index in [1.165, 1.54) is 12.8 Å². The summed E-state index contributed by atoms with van der Waals surface area (Å²) in [6.45, 7) is -0.111. The second-order valence-corrected chi connectivity index (χ2v) is 7.08. The van der Waals surface area contributed by atoms with E-state index in [4.69, 9.17) is 21.4 Å². The van der Waals surface area contributed by atoms with Crippen LogP contribution in [0.15, 0.2) is 46.9 Å². The van der Waals surface area contributed by atoms with Gasteiger partial charge >= 0.3 is 0 Å². The zero-order valence-electron chi connectivity index (χ0n) is 14.8. The fourth-order valence-electron chi connectivity index (χ4n) is 3.40. The van der Waals surface area contributed by atoms with E-state index in [-0.39, 0.29) is 12.5 Å². The molecule has 3 aromatic rings. The Bertz CT molecular complexity index is 979. The zero-order chi connectivity index (χ0) is 18.6. The number of hydrogen-bond acceptors (Lipinski definition) is 4. The number of rotatable bonds is 4. The van der Waals surface area contributed by atoms with Crippen molar-refractivity contribution < 1.29 is 13.9 Å². The number of fused-ring (bicyclic) bond motifs is 3. The molecule has 1 aliphatic rings. The maximum Gasteiger partial charge on any atom is 0.276 e. The Kier molecular flexibility index (Phi) is 5.11. The average molecular weight is 383 g/mol. The van der Waals surface area contributed by atoms with E-state index in [1.807, 2.05) is 36.4 Å². The Morgan fingerprint density at radius 1 is 1.07 bits per heavy atom. The molecular weight excluding hydrogens is 362 g/mol. The molecule has 1 heterocycles. The third-order valence-electron chi connectivity index (χ3n) is 4.72. The van der Waals surface area contributed by atoms with Crippen LogP contribution in [0.1, 0.15) is 25.7 Å². The molecule has 0 radical (unpaired) electrons. The first-order valence-corrected chi connectivity index (χ1v) is 9.49. The van der Waals surface area contributed by atoms with Crippen molar-refractivity contribution in [1.29, 1.82) is 0 Å². The van der Waals surface area contributed by atoms with Crippen LogP contribution in [0, 0.1) is 0 Å². The fourth-order valence-corrected chi connectivity index (χ4v) is 3.62. The summed E-state index contributed by atoms with van der Waals surface area (Å²) in [5.74, 6) is 0.304. The van der Waals surface area contributed by atoms with E-state index < -0.39 is 0 Å². The number of ether oxygens (including phenoxy) is 1. The standard InChI is InChI=1S/C20H21N3O3S/c24-19(22-23-20(27)21-13-5-1-2-6-13)12-25-14-9-10-18-16(11-14)15-7-3-4-8-17(15)26-18/h3-4,7-11,13H,1-2,5-6,12H2,(H,22,24)(H2,21,23,27). The molecule has 140 valence electrons. The third kappa shape index (κ3) is 4.14. The lowest BCUT2D eigenvalue weighted by atomic mass is 10.1. The summed E-state index contributed by atoms with van der Waals surface area (Å²) in [5.41, 5.74) is 6.89. The number of benzene rings is 2. The number of amides is 1. The van der Waals surface area contributed by atoms with Gasteiger partial charge in [-0.15, -0.1) is 0 Å². The average Bonchev–Trinajstić information content (AvgIpc) is 3.31. The lowest BCUT2D eigenvalue weighted by Gasteiger charge is -2.16. The first-order valence-electron chi connectivity index (χ1n) is 9.08. The minimum absolute atomic E-state index is 0.111. The van der Waals surface area contributed by atoms with Crippen LogP contribution in [0.25, 0.3) is 21.9 Å². The van der Waals surface area contributed by atoms with Crippen LogP contribution in [0.3, 0.4) is 0 Å². The van der Waals surface area contributed by atoms with E-state index >= 15 is 0 Å². The van der Waals surface area contributed by atoms with Crippen molar-refractivity contribution in [2.24, 2.45) is 0 Å². The topological polar surface area (TPSA) is 75.5 Å². The summed E-state index contributed by atoms with van der Waals surface area (Å²) < 4.78 is 11.4. The number of carbonyl (C=O) groups excluding carboxylic acids is 1. The number of hydrogen-bond donors (Lipinski definition) is 3. The Balaban J connectivity index is 1.30. The minimum Gasteiger partial charge on any atom is -0.484 e. The summed E-state index contributed by atoms with van der Waals surface area (Å²) in [5, 5.41) is 5.61. The van der Waals surface area contributed by atoms with Crippen LogP contribution >= 0.6 is 12.2 Å². The van der Waals surface area contributed by atoms with Gasteiger partial charge in [0.2, 0.25) is 0 Å². The first-order chi connectivity index (χ1) is 13.2. The molecule has 1 amide bonds. The second kappa shape index (κ2) is 7.84. The number of hydrazine groups is 1. The quantitative estimate of drug-likeness (QED) is 0.474. The smallest absolute Gasteiger partial charge is 0.276 e. The molecule has 0 saturated heterocycles. The highest BCUT2D eigenvalue weighted by molar-refractivity contribution is 7.80. The molecule has 0 aliphatic heterocycles. The predicted octanol–water partition coefficient (Wildman–Crippen LogP) is 3.40. The van der Waals surface area contributed by atoms with Crippen molar-refractivity contribution in [3.05, 3.63) is 42.5 Å². The highest BCUT2D eigenvalue weighted by Crippen LogP contribution is 2.31. The number of thiocarbonyl (C=S) groups is 1. The molecule has 6 nitrogen and oxygen atoms in total. The maximum absolute atomic E-state index is 12.0. The Hall–Kier alpha value is -2.80. The zero-order valence-corrected chi connectivity index (χ0v) is 15.6. The molecule has 4 rings (SSSR count). The first kappa shape index (κ1) is 17.6. The van der Waals surface area contributed by atoms with E-state index in [0.717, 1.165) is 34.8 Å². The molecule has 27 heavy (non-hydrogen) atoms. The van der Waals surface area contributed by atoms with Gasteiger partial charge in [-0.2, -0.15) is 0 Å². The van der Waals surface area contributed by atoms with Crippen LogP contribution in [0.5, 0.6) is 5.75 Å². The van der Waals surface area contributed by atoms with E-state index in [9.17, 15) is 4.79 Å². The molecule has 1 fully saturated rings. The van der Waals surface area contributed by atoms with Gasteiger partial charge in [-0.25, -0.2) is 0 Å². The van der Waals surface area contributed by atoms with Gasteiger partial charge in [0.15, 0.2) is 11.7 Å². The van der Waals surface area contributed by atoms with E-state index in [0.29, 0.717) is 16.9 Å². The molecule has 1 saturated carbocycles. The van der Waals surface area contributed by atoms with Gasteiger partial charge in [0.05, 0.1) is 0 Å². The van der Waals surface area contributed by atoms with E-state index in [1.54, 1.807) is 6.07 Å². The Morgan fingerprint density at radius 3 is 2.70 bits per heavy atom. The highest BCUT2D eigenvalue weighted by Gasteiger charge is 2.15. The molecular formula is C20H21N3O3S. The summed E-state index contributed by atoms with van der Waals surface area (Å²) in [7, 11) is 0. The number of para-hydroxylation sites is 1. The molecule has 1 aromatic heterocycles. The lowest BCUT2D eigenvalue weighted by molar-refractivity contribution is -0.123. The van der Waals surface area contributed by atoms with Gasteiger partial charge in [0.25, 0.3) is 5.91 Å². The molecule has 0 bridgehead atoms. The highest BCUT2D eigenvalue weighted by atomic mass is 32.1. The normalized spacial score (nSPS) is 14.4. The van der Waals surface area contributed by atoms with Crippen LogP contribution in [-0.2, 0) is 4.79 Å². The minimum atomic E-state index is -0.303. The summed E-state index contributed by atoms with van der Waals surface area (Å²) >= 11 is 5.19. The van der Waals surface area contributed by atoms with Crippen LogP contribution in [0.4, 0.5) is 0 Å². The van der Waals surface area contributed by atoms with Gasteiger partial charge in [0.1, 0.15) is 16.9 Å². The molecule has 1 aliphatic carbocycles. The molecule has 0 spiro atoms. The van der Waals surface area contributed by atoms with Crippen LogP contribution < -0.4 is 20.9 Å². The Labute approximate surface area is 162 Å². The largest absolute Gasteiger partial charge is 0.484 e. The van der Waals surface area contributed by atoms with E-state index in [2.05, 4.69) is 16.2 Å². The number of furan rings is 1. The van der Waals surface area contributed by atoms with Crippen molar-refractivity contribution in [1.82, 2.24) is 16.2 Å². The summed E-state index contributed by atoms with van der Waals surface area (Å²) in [6, 6.07) is 13.7. The summed E-state index contributed by atoms with van der Waals surface area (Å²) in [6.07, 6.45) is 4.67. The van der Waals surface area contributed by atoms with Crippen molar-refractivity contribution in [2.75, 3.05) is 6.61 Å². The molecule has 7 heteroatoms. The van der Waals surface area contributed by atoms with Crippen molar-refractivity contribution in [3.8, 4) is 5.75 Å². The van der Waals surface area contributed by atoms with Crippen molar-refractivity contribution in [3.63, 3.8) is 0 Å². The van der Waals surface area contributed by atoms with Crippen molar-refractivity contribution in [2.45, 2.75) is 31.7 Å². The lowest BCUT2D eigenvalue weighted by Crippen LogP contribution is -2.50. The van der Waals surface area contributed by atoms with Gasteiger partial charge < -0.3 is 14.5 Å².